The van der Waals surface area contributed by atoms with Gasteiger partial charge in [-0.15, -0.1) is 11.3 Å². The molecule has 26 heavy (non-hydrogen) atoms. The Morgan fingerprint density at radius 3 is 2.65 bits per heavy atom. The van der Waals surface area contributed by atoms with E-state index in [9.17, 15) is 13.2 Å². The summed E-state index contributed by atoms with van der Waals surface area (Å²) in [4.78, 5) is 12.0. The van der Waals surface area contributed by atoms with Gasteiger partial charge in [-0.05, 0) is 47.2 Å². The third-order valence-corrected chi connectivity index (χ3v) is 8.56. The number of carbonyl (C=O) groups excluding carboxylic acids is 1. The molecule has 138 valence electrons. The van der Waals surface area contributed by atoms with Gasteiger partial charge in [0.15, 0.2) is 5.78 Å². The molecule has 1 aliphatic carbocycles. The molecule has 7 heteroatoms. The van der Waals surface area contributed by atoms with E-state index in [1.54, 1.807) is 25.3 Å². The Kier molecular flexibility index (Phi) is 4.51. The molecule has 0 amide bonds. The quantitative estimate of drug-likeness (QED) is 0.798. The van der Waals surface area contributed by atoms with Gasteiger partial charge < -0.3 is 9.47 Å². The number of ketones is 1. The normalized spacial score (nSPS) is 19.5. The first-order valence-electron chi connectivity index (χ1n) is 8.59. The molecule has 2 aromatic rings. The van der Waals surface area contributed by atoms with Crippen molar-refractivity contribution in [3.05, 3.63) is 46.3 Å². The second-order valence-corrected chi connectivity index (χ2v) is 9.80. The van der Waals surface area contributed by atoms with Crippen LogP contribution < -0.4 is 0 Å². The number of ether oxygens (including phenoxy) is 2. The van der Waals surface area contributed by atoms with Crippen LogP contribution in [0.1, 0.15) is 40.7 Å². The molecule has 4 rings (SSSR count). The number of fused-ring (bicyclic) bond motifs is 1. The maximum absolute atomic E-state index is 13.1. The van der Waals surface area contributed by atoms with Crippen molar-refractivity contribution in [1.29, 1.82) is 0 Å². The number of sulfone groups is 1. The van der Waals surface area contributed by atoms with Crippen LogP contribution >= 0.6 is 11.3 Å². The standard InChI is InChI=1S/C19H20O5S2/c1-23-19(6-8-24-9-7-19)14-11-18(25-12-14)26(21,22)15-3-4-16-13(10-15)2-5-17(16)20/h3-4,10-12H,2,5-9H2,1H3. The zero-order chi connectivity index (χ0) is 18.4. The minimum absolute atomic E-state index is 0.0870. The molecule has 5 nitrogen and oxygen atoms in total. The van der Waals surface area contributed by atoms with E-state index in [0.717, 1.165) is 11.1 Å². The SMILES string of the molecule is COC1(c2csc(S(=O)(=O)c3ccc4c(c3)CCC4=O)c2)CCOCC1. The molecule has 0 radical (unpaired) electrons. The summed E-state index contributed by atoms with van der Waals surface area (Å²) in [7, 11) is -1.95. The molecule has 0 N–H and O–H groups in total. The Hall–Kier alpha value is -1.54. The maximum Gasteiger partial charge on any atom is 0.215 e. The van der Waals surface area contributed by atoms with Gasteiger partial charge in [-0.2, -0.15) is 0 Å². The second kappa shape index (κ2) is 6.56. The number of rotatable bonds is 4. The molecule has 1 aromatic carbocycles. The van der Waals surface area contributed by atoms with E-state index in [1.807, 2.05) is 5.38 Å². The van der Waals surface area contributed by atoms with Crippen molar-refractivity contribution in [2.45, 2.75) is 40.4 Å². The summed E-state index contributed by atoms with van der Waals surface area (Å²) >= 11 is 1.22. The van der Waals surface area contributed by atoms with Crippen LogP contribution in [0.5, 0.6) is 0 Å². The third-order valence-electron chi connectivity index (χ3n) is 5.37. The molecule has 0 saturated carbocycles. The van der Waals surface area contributed by atoms with Crippen molar-refractivity contribution >= 4 is 27.0 Å². The van der Waals surface area contributed by atoms with Gasteiger partial charge in [-0.3, -0.25) is 4.79 Å². The monoisotopic (exact) mass is 392 g/mol. The Balaban J connectivity index is 1.69. The lowest BCUT2D eigenvalue weighted by Gasteiger charge is -2.35. The third kappa shape index (κ3) is 2.83. The highest BCUT2D eigenvalue weighted by molar-refractivity contribution is 7.93. The first-order chi connectivity index (χ1) is 12.5. The van der Waals surface area contributed by atoms with Crippen molar-refractivity contribution in [3.8, 4) is 0 Å². The summed E-state index contributed by atoms with van der Waals surface area (Å²) in [5.41, 5.74) is 1.89. The second-order valence-electron chi connectivity index (χ2n) is 6.71. The molecule has 1 saturated heterocycles. The zero-order valence-corrected chi connectivity index (χ0v) is 16.1. The fourth-order valence-electron chi connectivity index (χ4n) is 3.72. The van der Waals surface area contributed by atoms with E-state index in [0.29, 0.717) is 48.7 Å². The van der Waals surface area contributed by atoms with Gasteiger partial charge in [0.2, 0.25) is 9.84 Å². The highest BCUT2D eigenvalue weighted by atomic mass is 32.2. The number of Topliss-reactive ketones (excluding diaryl/α,β-unsaturated/α-hetero) is 1. The number of aryl methyl sites for hydroxylation is 1. The van der Waals surface area contributed by atoms with Crippen molar-refractivity contribution in [2.24, 2.45) is 0 Å². The summed E-state index contributed by atoms with van der Waals surface area (Å²) in [6, 6.07) is 6.56. The topological polar surface area (TPSA) is 69.7 Å². The lowest BCUT2D eigenvalue weighted by Crippen LogP contribution is -2.35. The van der Waals surface area contributed by atoms with Crippen LogP contribution in [0.2, 0.25) is 0 Å². The lowest BCUT2D eigenvalue weighted by molar-refractivity contribution is -0.0946. The lowest BCUT2D eigenvalue weighted by atomic mass is 9.88. The van der Waals surface area contributed by atoms with Crippen LogP contribution in [0.25, 0.3) is 0 Å². The van der Waals surface area contributed by atoms with E-state index in [1.165, 1.54) is 17.4 Å². The molecule has 2 aliphatic rings. The van der Waals surface area contributed by atoms with Crippen LogP contribution in [0, 0.1) is 0 Å². The Labute approximate surface area is 156 Å². The van der Waals surface area contributed by atoms with Gasteiger partial charge in [0.25, 0.3) is 0 Å². The Morgan fingerprint density at radius 2 is 1.92 bits per heavy atom. The Bertz CT molecular complexity index is 952. The highest BCUT2D eigenvalue weighted by Gasteiger charge is 2.36. The Morgan fingerprint density at radius 1 is 1.15 bits per heavy atom. The summed E-state index contributed by atoms with van der Waals surface area (Å²) in [6.45, 7) is 1.20. The van der Waals surface area contributed by atoms with Crippen molar-refractivity contribution in [1.82, 2.24) is 0 Å². The highest BCUT2D eigenvalue weighted by Crippen LogP contribution is 2.40. The molecular weight excluding hydrogens is 372 g/mol. The van der Waals surface area contributed by atoms with E-state index >= 15 is 0 Å². The molecule has 1 aliphatic heterocycles. The molecule has 0 atom stereocenters. The van der Waals surface area contributed by atoms with E-state index in [4.69, 9.17) is 9.47 Å². The first kappa shape index (κ1) is 17.9. The summed E-state index contributed by atoms with van der Waals surface area (Å²) in [5, 5.41) is 1.87. The fourth-order valence-corrected chi connectivity index (χ4v) is 6.44. The predicted molar refractivity (Wildman–Crippen MR) is 97.6 cm³/mol. The fraction of sp³-hybridized carbons (Fsp3) is 0.421. The molecule has 1 fully saturated rings. The van der Waals surface area contributed by atoms with Gasteiger partial charge in [0, 0.05) is 45.1 Å². The number of benzene rings is 1. The molecular formula is C19H20O5S2. The van der Waals surface area contributed by atoms with Crippen molar-refractivity contribution in [2.75, 3.05) is 20.3 Å². The number of hydrogen-bond acceptors (Lipinski definition) is 6. The number of carbonyl (C=O) groups is 1. The van der Waals surface area contributed by atoms with Gasteiger partial charge in [0.05, 0.1) is 10.5 Å². The summed E-state index contributed by atoms with van der Waals surface area (Å²) in [5.74, 6) is 0.0870. The van der Waals surface area contributed by atoms with Crippen LogP contribution in [-0.2, 0) is 31.3 Å². The molecule has 0 bridgehead atoms. The average molecular weight is 392 g/mol. The van der Waals surface area contributed by atoms with Gasteiger partial charge >= 0.3 is 0 Å². The molecule has 0 unspecified atom stereocenters. The largest absolute Gasteiger partial charge is 0.381 e. The number of thiophene rings is 1. The summed E-state index contributed by atoms with van der Waals surface area (Å²) in [6.07, 6.45) is 2.49. The number of methoxy groups -OCH3 is 1. The average Bonchev–Trinajstić information content (AvgIpc) is 3.30. The maximum atomic E-state index is 13.1. The minimum atomic E-state index is -3.61. The van der Waals surface area contributed by atoms with E-state index in [2.05, 4.69) is 0 Å². The zero-order valence-electron chi connectivity index (χ0n) is 14.5. The minimum Gasteiger partial charge on any atom is -0.381 e. The van der Waals surface area contributed by atoms with Crippen LogP contribution in [0.4, 0.5) is 0 Å². The predicted octanol–water partition coefficient (Wildman–Crippen LogP) is 3.36. The van der Waals surface area contributed by atoms with E-state index < -0.39 is 15.4 Å². The molecule has 2 heterocycles. The van der Waals surface area contributed by atoms with Gasteiger partial charge in [0.1, 0.15) is 4.21 Å². The van der Waals surface area contributed by atoms with Crippen molar-refractivity contribution < 1.29 is 22.7 Å². The van der Waals surface area contributed by atoms with Gasteiger partial charge in [-0.1, -0.05) is 0 Å². The first-order valence-corrected chi connectivity index (χ1v) is 11.0. The summed E-state index contributed by atoms with van der Waals surface area (Å²) < 4.78 is 37.6. The van der Waals surface area contributed by atoms with Crippen molar-refractivity contribution in [3.63, 3.8) is 0 Å². The van der Waals surface area contributed by atoms with Crippen LogP contribution in [0.15, 0.2) is 38.8 Å². The van der Waals surface area contributed by atoms with Crippen LogP contribution in [0.3, 0.4) is 0 Å². The van der Waals surface area contributed by atoms with E-state index in [-0.39, 0.29) is 10.7 Å². The molecule has 0 spiro atoms. The molecule has 1 aromatic heterocycles. The van der Waals surface area contributed by atoms with Gasteiger partial charge in [-0.25, -0.2) is 8.42 Å². The van der Waals surface area contributed by atoms with Crippen LogP contribution in [-0.4, -0.2) is 34.5 Å². The number of hydrogen-bond donors (Lipinski definition) is 0. The smallest absolute Gasteiger partial charge is 0.215 e.